The van der Waals surface area contributed by atoms with Gasteiger partial charge in [-0.2, -0.15) is 5.10 Å². The molecular weight excluding hydrogens is 373 g/mol. The topological polar surface area (TPSA) is 24.4 Å². The highest BCUT2D eigenvalue weighted by Crippen LogP contribution is 2.33. The highest BCUT2D eigenvalue weighted by molar-refractivity contribution is 6.42. The zero-order chi connectivity index (χ0) is 15.6. The number of anilines is 1. The van der Waals surface area contributed by atoms with Crippen molar-refractivity contribution >= 4 is 69.4 Å². The molecule has 0 aliphatic rings. The van der Waals surface area contributed by atoms with Crippen molar-refractivity contribution in [2.75, 3.05) is 5.43 Å². The van der Waals surface area contributed by atoms with E-state index in [2.05, 4.69) is 10.5 Å². The molecule has 2 nitrogen and oxygen atoms in total. The second-order valence-corrected chi connectivity index (χ2v) is 6.25. The summed E-state index contributed by atoms with van der Waals surface area (Å²) < 4.78 is 0. The lowest BCUT2D eigenvalue weighted by molar-refractivity contribution is 1.32. The van der Waals surface area contributed by atoms with E-state index in [-0.39, 0.29) is 0 Å². The van der Waals surface area contributed by atoms with Crippen LogP contribution in [-0.4, -0.2) is 5.71 Å². The van der Waals surface area contributed by atoms with Gasteiger partial charge in [-0.3, -0.25) is 5.43 Å². The van der Waals surface area contributed by atoms with Gasteiger partial charge in [-0.15, -0.1) is 0 Å². The molecule has 2 aromatic rings. The van der Waals surface area contributed by atoms with Gasteiger partial charge in [0, 0.05) is 5.02 Å². The van der Waals surface area contributed by atoms with E-state index in [1.54, 1.807) is 24.3 Å². The highest BCUT2D eigenvalue weighted by atomic mass is 35.5. The second-order valence-electron chi connectivity index (χ2n) is 4.18. The maximum Gasteiger partial charge on any atom is 0.0935 e. The van der Waals surface area contributed by atoms with Crippen LogP contribution in [0.2, 0.25) is 25.1 Å². The monoisotopic (exact) mass is 380 g/mol. The fourth-order valence-electron chi connectivity index (χ4n) is 1.57. The molecule has 2 aromatic carbocycles. The number of halogens is 5. The Morgan fingerprint density at radius 1 is 0.857 bits per heavy atom. The van der Waals surface area contributed by atoms with Crippen molar-refractivity contribution in [1.82, 2.24) is 0 Å². The summed E-state index contributed by atoms with van der Waals surface area (Å²) in [5, 5.41) is 6.43. The third-order valence-corrected chi connectivity index (χ3v) is 4.23. The summed E-state index contributed by atoms with van der Waals surface area (Å²) in [7, 11) is 0. The Morgan fingerprint density at radius 3 is 2.05 bits per heavy atom. The van der Waals surface area contributed by atoms with Crippen LogP contribution in [0.25, 0.3) is 0 Å². The minimum Gasteiger partial charge on any atom is -0.275 e. The Morgan fingerprint density at radius 2 is 1.48 bits per heavy atom. The van der Waals surface area contributed by atoms with Crippen molar-refractivity contribution < 1.29 is 0 Å². The van der Waals surface area contributed by atoms with Gasteiger partial charge < -0.3 is 0 Å². The SMILES string of the molecule is CC(=NNc1c(Cl)cc(Cl)cc1Cl)c1ccc(Cl)c(Cl)c1. The van der Waals surface area contributed by atoms with E-state index in [0.29, 0.717) is 36.5 Å². The van der Waals surface area contributed by atoms with E-state index >= 15 is 0 Å². The van der Waals surface area contributed by atoms with Crippen molar-refractivity contribution in [3.8, 4) is 0 Å². The van der Waals surface area contributed by atoms with Crippen LogP contribution in [-0.2, 0) is 0 Å². The molecule has 0 bridgehead atoms. The molecule has 7 heteroatoms. The average molecular weight is 383 g/mol. The molecule has 0 saturated heterocycles. The van der Waals surface area contributed by atoms with Crippen molar-refractivity contribution in [3.63, 3.8) is 0 Å². The molecule has 110 valence electrons. The Labute approximate surface area is 147 Å². The number of rotatable bonds is 3. The first kappa shape index (κ1) is 16.7. The van der Waals surface area contributed by atoms with Crippen LogP contribution in [0, 0.1) is 0 Å². The molecule has 0 atom stereocenters. The standard InChI is InChI=1S/C14H9Cl5N2/c1-7(8-2-3-10(16)11(17)4-8)20-21-14-12(18)5-9(15)6-13(14)19/h2-6,21H,1H3. The van der Waals surface area contributed by atoms with Gasteiger partial charge in [-0.25, -0.2) is 0 Å². The molecule has 0 radical (unpaired) electrons. The molecule has 0 spiro atoms. The van der Waals surface area contributed by atoms with Crippen LogP contribution in [0.5, 0.6) is 0 Å². The fourth-order valence-corrected chi connectivity index (χ4v) is 2.77. The zero-order valence-electron chi connectivity index (χ0n) is 10.7. The summed E-state index contributed by atoms with van der Waals surface area (Å²) in [5.41, 5.74) is 4.85. The first-order chi connectivity index (χ1) is 9.88. The van der Waals surface area contributed by atoms with Gasteiger partial charge in [-0.1, -0.05) is 64.1 Å². The summed E-state index contributed by atoms with van der Waals surface area (Å²) in [6, 6.07) is 8.43. The second kappa shape index (κ2) is 7.08. The fraction of sp³-hybridized carbons (Fsp3) is 0.0714. The average Bonchev–Trinajstić information content (AvgIpc) is 2.40. The van der Waals surface area contributed by atoms with Crippen LogP contribution >= 0.6 is 58.0 Å². The van der Waals surface area contributed by atoms with Crippen LogP contribution in [0.15, 0.2) is 35.4 Å². The molecule has 0 unspecified atom stereocenters. The predicted molar refractivity (Wildman–Crippen MR) is 93.8 cm³/mol. The number of benzene rings is 2. The molecule has 0 aromatic heterocycles. The minimum atomic E-state index is 0.387. The smallest absolute Gasteiger partial charge is 0.0935 e. The first-order valence-electron chi connectivity index (χ1n) is 5.78. The van der Waals surface area contributed by atoms with Crippen LogP contribution in [0.4, 0.5) is 5.69 Å². The van der Waals surface area contributed by atoms with Crippen molar-refractivity contribution in [2.45, 2.75) is 6.92 Å². The summed E-state index contributed by atoms with van der Waals surface area (Å²) >= 11 is 29.9. The van der Waals surface area contributed by atoms with Gasteiger partial charge in [0.15, 0.2) is 0 Å². The van der Waals surface area contributed by atoms with Crippen LogP contribution < -0.4 is 5.43 Å². The Hall–Kier alpha value is -0.640. The van der Waals surface area contributed by atoms with E-state index in [0.717, 1.165) is 5.56 Å². The molecule has 0 amide bonds. The predicted octanol–water partition coefficient (Wildman–Crippen LogP) is 6.79. The molecular formula is C14H9Cl5N2. The largest absolute Gasteiger partial charge is 0.275 e. The van der Waals surface area contributed by atoms with E-state index < -0.39 is 0 Å². The molecule has 0 saturated carbocycles. The number of nitrogens with zero attached hydrogens (tertiary/aromatic N) is 1. The third-order valence-electron chi connectivity index (χ3n) is 2.68. The third kappa shape index (κ3) is 4.18. The van der Waals surface area contributed by atoms with Gasteiger partial charge in [0.1, 0.15) is 0 Å². The molecule has 0 aliphatic heterocycles. The number of hydrogen-bond acceptors (Lipinski definition) is 2. The Balaban J connectivity index is 2.26. The summed E-state index contributed by atoms with van der Waals surface area (Å²) in [6.07, 6.45) is 0. The van der Waals surface area contributed by atoms with Crippen LogP contribution in [0.1, 0.15) is 12.5 Å². The quantitative estimate of drug-likeness (QED) is 0.459. The number of hydrogen-bond donors (Lipinski definition) is 1. The van der Waals surface area contributed by atoms with E-state index in [4.69, 9.17) is 58.0 Å². The lowest BCUT2D eigenvalue weighted by Crippen LogP contribution is -2.00. The molecule has 21 heavy (non-hydrogen) atoms. The van der Waals surface area contributed by atoms with Gasteiger partial charge in [0.05, 0.1) is 31.5 Å². The molecule has 0 fully saturated rings. The normalized spacial score (nSPS) is 11.6. The summed E-state index contributed by atoms with van der Waals surface area (Å²) in [5.74, 6) is 0. The van der Waals surface area contributed by atoms with Gasteiger partial charge in [-0.05, 0) is 36.8 Å². The van der Waals surface area contributed by atoms with Gasteiger partial charge >= 0.3 is 0 Å². The molecule has 2 rings (SSSR count). The van der Waals surface area contributed by atoms with Crippen molar-refractivity contribution in [3.05, 3.63) is 61.0 Å². The molecule has 1 N–H and O–H groups in total. The first-order valence-corrected chi connectivity index (χ1v) is 7.67. The Kier molecular flexibility index (Phi) is 5.64. The lowest BCUT2D eigenvalue weighted by Gasteiger charge is -2.08. The van der Waals surface area contributed by atoms with E-state index in [9.17, 15) is 0 Å². The maximum absolute atomic E-state index is 6.07. The highest BCUT2D eigenvalue weighted by Gasteiger charge is 2.08. The lowest BCUT2D eigenvalue weighted by atomic mass is 10.1. The molecule has 0 heterocycles. The van der Waals surface area contributed by atoms with Crippen LogP contribution in [0.3, 0.4) is 0 Å². The van der Waals surface area contributed by atoms with E-state index in [1.807, 2.05) is 13.0 Å². The minimum absolute atomic E-state index is 0.387. The van der Waals surface area contributed by atoms with Crippen molar-refractivity contribution in [1.29, 1.82) is 0 Å². The summed E-state index contributed by atoms with van der Waals surface area (Å²) in [6.45, 7) is 1.82. The van der Waals surface area contributed by atoms with Gasteiger partial charge in [0.25, 0.3) is 0 Å². The summed E-state index contributed by atoms with van der Waals surface area (Å²) in [4.78, 5) is 0. The number of hydrazone groups is 1. The Bertz CT molecular complexity index is 690. The molecule has 0 aliphatic carbocycles. The number of nitrogens with one attached hydrogen (secondary N) is 1. The van der Waals surface area contributed by atoms with Gasteiger partial charge in [0.2, 0.25) is 0 Å². The maximum atomic E-state index is 6.07. The van der Waals surface area contributed by atoms with Crippen molar-refractivity contribution in [2.24, 2.45) is 5.10 Å². The van der Waals surface area contributed by atoms with E-state index in [1.165, 1.54) is 0 Å². The zero-order valence-corrected chi connectivity index (χ0v) is 14.5.